The number of pyridine rings is 1. The lowest BCUT2D eigenvalue weighted by Gasteiger charge is -2.36. The van der Waals surface area contributed by atoms with Crippen molar-refractivity contribution in [3.8, 4) is 0 Å². The Kier molecular flexibility index (Phi) is 6.41. The number of nitrogens with one attached hydrogen (secondary N) is 2. The number of rotatable bonds is 5. The quantitative estimate of drug-likeness (QED) is 0.579. The first-order valence-corrected chi connectivity index (χ1v) is 10.8. The third-order valence-corrected chi connectivity index (χ3v) is 5.85. The molecule has 0 aliphatic carbocycles. The van der Waals surface area contributed by atoms with Crippen LogP contribution in [0, 0.1) is 0 Å². The van der Waals surface area contributed by atoms with Crippen LogP contribution in [-0.2, 0) is 16.0 Å². The highest BCUT2D eigenvalue weighted by Crippen LogP contribution is 2.18. The molecule has 1 atom stereocenters. The summed E-state index contributed by atoms with van der Waals surface area (Å²) in [5.41, 5.74) is 1.96. The number of hydrogen-bond acceptors (Lipinski definition) is 4. The predicted molar refractivity (Wildman–Crippen MR) is 121 cm³/mol. The van der Waals surface area contributed by atoms with E-state index in [2.05, 4.69) is 15.3 Å². The van der Waals surface area contributed by atoms with Gasteiger partial charge < -0.3 is 20.1 Å². The van der Waals surface area contributed by atoms with E-state index in [-0.39, 0.29) is 17.7 Å². The van der Waals surface area contributed by atoms with Gasteiger partial charge in [0.25, 0.3) is 5.91 Å². The monoisotopic (exact) mass is 453 g/mol. The van der Waals surface area contributed by atoms with Gasteiger partial charge in [-0.1, -0.05) is 41.9 Å². The van der Waals surface area contributed by atoms with Gasteiger partial charge in [-0.2, -0.15) is 0 Å². The van der Waals surface area contributed by atoms with E-state index in [9.17, 15) is 14.4 Å². The summed E-state index contributed by atoms with van der Waals surface area (Å²) in [5.74, 6) is -0.542. The fraction of sp³-hybridized carbons (Fsp3) is 0.304. The third kappa shape index (κ3) is 4.91. The molecule has 1 aliphatic rings. The normalized spacial score (nSPS) is 14.9. The van der Waals surface area contributed by atoms with E-state index in [0.717, 1.165) is 10.9 Å². The molecule has 9 heteroatoms. The summed E-state index contributed by atoms with van der Waals surface area (Å²) < 4.78 is 0. The second-order valence-electron chi connectivity index (χ2n) is 7.82. The number of nitrogens with zero attached hydrogens (tertiary/aromatic N) is 3. The fourth-order valence-corrected chi connectivity index (χ4v) is 4.04. The van der Waals surface area contributed by atoms with Crippen molar-refractivity contribution in [2.75, 3.05) is 26.2 Å². The molecule has 3 aromatic rings. The zero-order valence-corrected chi connectivity index (χ0v) is 18.4. The smallest absolute Gasteiger partial charge is 0.268 e. The number of benzene rings is 1. The molecule has 2 N–H and O–H groups in total. The van der Waals surface area contributed by atoms with E-state index in [1.165, 1.54) is 6.92 Å². The van der Waals surface area contributed by atoms with Crippen molar-refractivity contribution in [1.82, 2.24) is 25.1 Å². The summed E-state index contributed by atoms with van der Waals surface area (Å²) in [4.78, 5) is 48.4. The molecule has 0 bridgehead atoms. The largest absolute Gasteiger partial charge is 0.349 e. The average Bonchev–Trinajstić information content (AvgIpc) is 3.22. The highest BCUT2D eigenvalue weighted by atomic mass is 35.5. The summed E-state index contributed by atoms with van der Waals surface area (Å²) in [6.07, 6.45) is 1.93. The standard InChI is InChI=1S/C23H24ClN5O3/c1-15(30)28-7-9-29(10-8-28)23(32)19(11-16-5-3-2-4-6-16)27-22(31)18-12-17-13-21(24)25-14-20(17)26-18/h2-6,12-14,19,26H,7-11H2,1H3,(H,27,31)/t19-/m0/s1. The molecular formula is C23H24ClN5O3. The van der Waals surface area contributed by atoms with Crippen molar-refractivity contribution in [2.45, 2.75) is 19.4 Å². The van der Waals surface area contributed by atoms with Crippen LogP contribution < -0.4 is 5.32 Å². The van der Waals surface area contributed by atoms with Gasteiger partial charge in [0, 0.05) is 44.9 Å². The van der Waals surface area contributed by atoms with E-state index >= 15 is 0 Å². The van der Waals surface area contributed by atoms with Gasteiger partial charge in [-0.15, -0.1) is 0 Å². The number of H-pyrrole nitrogens is 1. The Morgan fingerprint density at radius 3 is 2.47 bits per heavy atom. The Morgan fingerprint density at radius 1 is 1.09 bits per heavy atom. The Hall–Kier alpha value is -3.39. The van der Waals surface area contributed by atoms with Gasteiger partial charge in [0.2, 0.25) is 11.8 Å². The van der Waals surface area contributed by atoms with Gasteiger partial charge in [-0.3, -0.25) is 14.4 Å². The van der Waals surface area contributed by atoms with Crippen LogP contribution in [0.1, 0.15) is 23.0 Å². The molecule has 1 aliphatic heterocycles. The number of hydrogen-bond donors (Lipinski definition) is 2. The third-order valence-electron chi connectivity index (χ3n) is 5.64. The predicted octanol–water partition coefficient (Wildman–Crippen LogP) is 2.25. The lowest BCUT2D eigenvalue weighted by molar-refractivity contribution is -0.139. The highest BCUT2D eigenvalue weighted by molar-refractivity contribution is 6.30. The number of piperazine rings is 1. The maximum Gasteiger partial charge on any atom is 0.268 e. The topological polar surface area (TPSA) is 98.4 Å². The first kappa shape index (κ1) is 21.8. The number of amides is 3. The van der Waals surface area contributed by atoms with Crippen molar-refractivity contribution < 1.29 is 14.4 Å². The lowest BCUT2D eigenvalue weighted by atomic mass is 10.0. The van der Waals surface area contributed by atoms with Crippen molar-refractivity contribution in [1.29, 1.82) is 0 Å². The second-order valence-corrected chi connectivity index (χ2v) is 8.21. The number of carbonyl (C=O) groups is 3. The minimum Gasteiger partial charge on any atom is -0.349 e. The molecule has 2 aromatic heterocycles. The summed E-state index contributed by atoms with van der Waals surface area (Å²) >= 11 is 5.94. The molecule has 4 rings (SSSR count). The minimum absolute atomic E-state index is 0.000332. The molecule has 3 heterocycles. The molecule has 8 nitrogen and oxygen atoms in total. The SMILES string of the molecule is CC(=O)N1CCN(C(=O)[C@H](Cc2ccccc2)NC(=O)c2cc3cc(Cl)ncc3[nH]2)CC1. The molecule has 0 unspecified atom stereocenters. The van der Waals surface area contributed by atoms with Crippen LogP contribution in [-0.4, -0.2) is 69.7 Å². The van der Waals surface area contributed by atoms with Crippen molar-refractivity contribution in [3.05, 3.63) is 65.1 Å². The number of fused-ring (bicyclic) bond motifs is 1. The van der Waals surface area contributed by atoms with Crippen LogP contribution in [0.5, 0.6) is 0 Å². The fourth-order valence-electron chi connectivity index (χ4n) is 3.87. The first-order chi connectivity index (χ1) is 15.4. The number of carbonyl (C=O) groups excluding carboxylic acids is 3. The maximum absolute atomic E-state index is 13.3. The van der Waals surface area contributed by atoms with Crippen molar-refractivity contribution >= 4 is 40.2 Å². The van der Waals surface area contributed by atoms with E-state index in [0.29, 0.717) is 49.0 Å². The first-order valence-electron chi connectivity index (χ1n) is 10.4. The Labute approximate surface area is 190 Å². The van der Waals surface area contributed by atoms with Crippen LogP contribution in [0.15, 0.2) is 48.7 Å². The summed E-state index contributed by atoms with van der Waals surface area (Å²) in [5, 5.41) is 4.00. The van der Waals surface area contributed by atoms with Gasteiger partial charge in [-0.05, 0) is 17.7 Å². The molecule has 1 aromatic carbocycles. The molecule has 1 fully saturated rings. The van der Waals surface area contributed by atoms with Crippen LogP contribution in [0.2, 0.25) is 5.15 Å². The van der Waals surface area contributed by atoms with Gasteiger partial charge in [0.05, 0.1) is 11.7 Å². The Bertz CT molecular complexity index is 1140. The minimum atomic E-state index is -0.734. The summed E-state index contributed by atoms with van der Waals surface area (Å²) in [6.45, 7) is 3.39. The van der Waals surface area contributed by atoms with Crippen LogP contribution in [0.25, 0.3) is 10.9 Å². The lowest BCUT2D eigenvalue weighted by Crippen LogP contribution is -2.56. The van der Waals surface area contributed by atoms with E-state index in [4.69, 9.17) is 11.6 Å². The molecule has 3 amide bonds. The maximum atomic E-state index is 13.3. The summed E-state index contributed by atoms with van der Waals surface area (Å²) in [6, 6.07) is 12.2. The van der Waals surface area contributed by atoms with Gasteiger partial charge in [0.15, 0.2) is 0 Å². The van der Waals surface area contributed by atoms with Crippen LogP contribution >= 0.6 is 11.6 Å². The molecule has 0 saturated carbocycles. The molecule has 0 spiro atoms. The van der Waals surface area contributed by atoms with Crippen molar-refractivity contribution in [2.24, 2.45) is 0 Å². The molecule has 1 saturated heterocycles. The van der Waals surface area contributed by atoms with E-state index < -0.39 is 6.04 Å². The Balaban J connectivity index is 1.52. The van der Waals surface area contributed by atoms with Crippen molar-refractivity contribution in [3.63, 3.8) is 0 Å². The van der Waals surface area contributed by atoms with Crippen LogP contribution in [0.4, 0.5) is 0 Å². The number of aromatic amines is 1. The zero-order valence-electron chi connectivity index (χ0n) is 17.7. The van der Waals surface area contributed by atoms with E-state index in [1.54, 1.807) is 28.1 Å². The molecule has 166 valence electrons. The zero-order chi connectivity index (χ0) is 22.7. The Morgan fingerprint density at radius 2 is 1.78 bits per heavy atom. The molecule has 0 radical (unpaired) electrons. The average molecular weight is 454 g/mol. The summed E-state index contributed by atoms with van der Waals surface area (Å²) in [7, 11) is 0. The highest BCUT2D eigenvalue weighted by Gasteiger charge is 2.30. The second kappa shape index (κ2) is 9.40. The van der Waals surface area contributed by atoms with Gasteiger partial charge in [-0.25, -0.2) is 4.98 Å². The van der Waals surface area contributed by atoms with E-state index in [1.807, 2.05) is 30.3 Å². The van der Waals surface area contributed by atoms with Crippen LogP contribution in [0.3, 0.4) is 0 Å². The van der Waals surface area contributed by atoms with Gasteiger partial charge >= 0.3 is 0 Å². The number of aromatic nitrogens is 2. The van der Waals surface area contributed by atoms with Gasteiger partial charge in [0.1, 0.15) is 16.9 Å². The number of halogens is 1. The molecular weight excluding hydrogens is 430 g/mol. The molecule has 32 heavy (non-hydrogen) atoms.